The molecule has 9 heteroatoms. The second-order valence-electron chi connectivity index (χ2n) is 7.66. The van der Waals surface area contributed by atoms with Gasteiger partial charge in [-0.1, -0.05) is 41.6 Å². The second-order valence-corrected chi connectivity index (χ2v) is 9.40. The number of carbonyl (C=O) groups is 2. The highest BCUT2D eigenvalue weighted by Gasteiger charge is 2.21. The molecule has 1 unspecified atom stereocenters. The first kappa shape index (κ1) is 24.5. The molecule has 33 heavy (non-hydrogen) atoms. The van der Waals surface area contributed by atoms with Gasteiger partial charge in [-0.25, -0.2) is 0 Å². The summed E-state index contributed by atoms with van der Waals surface area (Å²) in [6, 6.07) is 12.8. The maximum atomic E-state index is 12.6. The molecule has 0 saturated carbocycles. The number of aryl methyl sites for hydroxylation is 2. The van der Waals surface area contributed by atoms with E-state index in [4.69, 9.17) is 11.6 Å². The summed E-state index contributed by atoms with van der Waals surface area (Å²) in [5.74, 6) is 0.118. The minimum atomic E-state index is -0.450. The molecular weight excluding hydrogens is 458 g/mol. The number of nitrogens with zero attached hydrogens (tertiary/aromatic N) is 3. The average Bonchev–Trinajstić information content (AvgIpc) is 3.08. The minimum absolute atomic E-state index is 0.0531. The van der Waals surface area contributed by atoms with Crippen LogP contribution in [0.3, 0.4) is 0 Å². The van der Waals surface area contributed by atoms with Crippen molar-refractivity contribution in [2.24, 2.45) is 0 Å². The molecule has 0 fully saturated rings. The Hall–Kier alpha value is -3.10. The van der Waals surface area contributed by atoms with Crippen LogP contribution in [0.25, 0.3) is 0 Å². The third-order valence-corrected chi connectivity index (χ3v) is 5.99. The van der Waals surface area contributed by atoms with Gasteiger partial charge in [0.2, 0.25) is 11.8 Å². The molecule has 7 nitrogen and oxygen atoms in total. The van der Waals surface area contributed by atoms with Gasteiger partial charge in [-0.15, -0.1) is 16.8 Å². The maximum absolute atomic E-state index is 12.6. The Morgan fingerprint density at radius 2 is 1.85 bits per heavy atom. The molecule has 1 atom stereocenters. The van der Waals surface area contributed by atoms with Crippen LogP contribution in [0.2, 0.25) is 5.02 Å². The normalized spacial score (nSPS) is 11.6. The van der Waals surface area contributed by atoms with Gasteiger partial charge < -0.3 is 15.2 Å². The molecule has 172 valence electrons. The number of allylic oxidation sites excluding steroid dienone is 1. The largest absolute Gasteiger partial charge is 0.326 e. The predicted octanol–water partition coefficient (Wildman–Crippen LogP) is 5.03. The maximum Gasteiger partial charge on any atom is 0.237 e. The fourth-order valence-electron chi connectivity index (χ4n) is 3.27. The van der Waals surface area contributed by atoms with Gasteiger partial charge in [0.25, 0.3) is 0 Å². The molecule has 0 aliphatic carbocycles. The van der Waals surface area contributed by atoms with Crippen LogP contribution in [0.1, 0.15) is 23.9 Å². The number of hydrogen-bond acceptors (Lipinski definition) is 5. The highest BCUT2D eigenvalue weighted by atomic mass is 35.5. The van der Waals surface area contributed by atoms with E-state index in [9.17, 15) is 9.59 Å². The number of thioether (sulfide) groups is 1. The van der Waals surface area contributed by atoms with Crippen LogP contribution >= 0.6 is 23.4 Å². The van der Waals surface area contributed by atoms with E-state index in [1.807, 2.05) is 32.0 Å². The quantitative estimate of drug-likeness (QED) is 0.329. The van der Waals surface area contributed by atoms with Crippen LogP contribution < -0.4 is 10.6 Å². The topological polar surface area (TPSA) is 88.9 Å². The Balaban J connectivity index is 1.68. The number of aromatic nitrogens is 3. The molecule has 0 saturated heterocycles. The lowest BCUT2D eigenvalue weighted by Crippen LogP contribution is -2.23. The number of halogens is 1. The first-order valence-electron chi connectivity index (χ1n) is 10.4. The van der Waals surface area contributed by atoms with Crippen LogP contribution in [0, 0.1) is 13.8 Å². The molecule has 3 aromatic rings. The second kappa shape index (κ2) is 11.2. The molecule has 0 aliphatic heterocycles. The van der Waals surface area contributed by atoms with Crippen molar-refractivity contribution >= 4 is 46.6 Å². The lowest BCUT2D eigenvalue weighted by Gasteiger charge is -2.13. The molecule has 2 N–H and O–H groups in total. The first-order chi connectivity index (χ1) is 15.7. The number of amides is 2. The Kier molecular flexibility index (Phi) is 8.30. The fraction of sp³-hybridized carbons (Fsp3) is 0.250. The summed E-state index contributed by atoms with van der Waals surface area (Å²) in [4.78, 5) is 25.3. The van der Waals surface area contributed by atoms with Gasteiger partial charge in [0, 0.05) is 22.9 Å². The molecule has 2 aromatic carbocycles. The molecule has 0 radical (unpaired) electrons. The van der Waals surface area contributed by atoms with Crippen LogP contribution in [-0.4, -0.2) is 31.8 Å². The molecule has 3 rings (SSSR count). The number of nitrogens with one attached hydrogen (secondary N) is 2. The summed E-state index contributed by atoms with van der Waals surface area (Å²) in [6.45, 7) is 9.95. The highest BCUT2D eigenvalue weighted by Crippen LogP contribution is 2.25. The van der Waals surface area contributed by atoms with Crippen LogP contribution in [0.15, 0.2) is 60.3 Å². The van der Waals surface area contributed by atoms with E-state index in [0.29, 0.717) is 28.2 Å². The van der Waals surface area contributed by atoms with Gasteiger partial charge in [0.05, 0.1) is 11.7 Å². The van der Waals surface area contributed by atoms with Gasteiger partial charge in [-0.3, -0.25) is 9.59 Å². The van der Waals surface area contributed by atoms with E-state index >= 15 is 0 Å². The number of anilines is 2. The van der Waals surface area contributed by atoms with Crippen molar-refractivity contribution in [1.29, 1.82) is 0 Å². The average molecular weight is 484 g/mol. The third-order valence-electron chi connectivity index (χ3n) is 4.67. The zero-order valence-corrected chi connectivity index (χ0v) is 20.3. The van der Waals surface area contributed by atoms with Crippen LogP contribution in [-0.2, 0) is 22.6 Å². The number of benzene rings is 2. The zero-order valence-electron chi connectivity index (χ0n) is 18.8. The summed E-state index contributed by atoms with van der Waals surface area (Å²) < 4.78 is 1.79. The van der Waals surface area contributed by atoms with E-state index in [-0.39, 0.29) is 18.2 Å². The van der Waals surface area contributed by atoms with Crippen molar-refractivity contribution < 1.29 is 9.59 Å². The summed E-state index contributed by atoms with van der Waals surface area (Å²) in [5, 5.41) is 14.8. The third kappa shape index (κ3) is 6.94. The van der Waals surface area contributed by atoms with Crippen molar-refractivity contribution in [3.8, 4) is 0 Å². The number of hydrogen-bond donors (Lipinski definition) is 2. The van der Waals surface area contributed by atoms with E-state index in [2.05, 4.69) is 27.4 Å². The van der Waals surface area contributed by atoms with Crippen molar-refractivity contribution in [2.75, 3.05) is 10.6 Å². The van der Waals surface area contributed by atoms with Crippen LogP contribution in [0.4, 0.5) is 11.4 Å². The van der Waals surface area contributed by atoms with Crippen LogP contribution in [0.5, 0.6) is 0 Å². The van der Waals surface area contributed by atoms with Crippen molar-refractivity contribution in [2.45, 2.75) is 44.1 Å². The smallest absolute Gasteiger partial charge is 0.237 e. The minimum Gasteiger partial charge on any atom is -0.326 e. The lowest BCUT2D eigenvalue weighted by molar-refractivity contribution is -0.116. The summed E-state index contributed by atoms with van der Waals surface area (Å²) in [6.07, 6.45) is 1.76. The zero-order chi connectivity index (χ0) is 24.0. The van der Waals surface area contributed by atoms with E-state index in [1.165, 1.54) is 11.8 Å². The Bertz CT molecular complexity index is 1160. The van der Waals surface area contributed by atoms with Gasteiger partial charge in [-0.05, 0) is 62.2 Å². The molecule has 0 spiro atoms. The summed E-state index contributed by atoms with van der Waals surface area (Å²) >= 11 is 7.25. The van der Waals surface area contributed by atoms with Gasteiger partial charge in [0.15, 0.2) is 5.16 Å². The number of carbonyl (C=O) groups excluding carboxylic acids is 2. The standard InChI is InChI=1S/C24H26ClN5O2S/c1-5-9-30-21(14-22(31)26-20-11-15(2)10-16(3)12-20)28-29-24(30)33-17(4)23(32)27-19-8-6-7-18(25)13-19/h5-8,10-13,17H,1,9,14H2,2-4H3,(H,26,31)(H,27,32). The predicted molar refractivity (Wildman–Crippen MR) is 134 cm³/mol. The van der Waals surface area contributed by atoms with Crippen molar-refractivity contribution in [1.82, 2.24) is 14.8 Å². The van der Waals surface area contributed by atoms with Gasteiger partial charge >= 0.3 is 0 Å². The van der Waals surface area contributed by atoms with Gasteiger partial charge in [-0.2, -0.15) is 0 Å². The molecule has 0 aliphatic rings. The van der Waals surface area contributed by atoms with Crippen molar-refractivity contribution in [3.05, 3.63) is 77.1 Å². The van der Waals surface area contributed by atoms with E-state index in [0.717, 1.165) is 16.8 Å². The molecule has 1 heterocycles. The first-order valence-corrected chi connectivity index (χ1v) is 11.6. The Morgan fingerprint density at radius 1 is 1.12 bits per heavy atom. The summed E-state index contributed by atoms with van der Waals surface area (Å²) in [5.41, 5.74) is 3.51. The fourth-order valence-corrected chi connectivity index (χ4v) is 4.33. The highest BCUT2D eigenvalue weighted by molar-refractivity contribution is 8.00. The summed E-state index contributed by atoms with van der Waals surface area (Å²) in [7, 11) is 0. The molecule has 2 amide bonds. The monoisotopic (exact) mass is 483 g/mol. The van der Waals surface area contributed by atoms with Gasteiger partial charge in [0.1, 0.15) is 5.82 Å². The Labute approximate surface area is 202 Å². The Morgan fingerprint density at radius 3 is 2.52 bits per heavy atom. The molecule has 1 aromatic heterocycles. The lowest BCUT2D eigenvalue weighted by atomic mass is 10.1. The van der Waals surface area contributed by atoms with E-state index in [1.54, 1.807) is 41.8 Å². The molecular formula is C24H26ClN5O2S. The SMILES string of the molecule is C=CCn1c(CC(=O)Nc2cc(C)cc(C)c2)nnc1SC(C)C(=O)Nc1cccc(Cl)c1. The number of rotatable bonds is 9. The molecule has 0 bridgehead atoms. The van der Waals surface area contributed by atoms with Crippen molar-refractivity contribution in [3.63, 3.8) is 0 Å². The van der Waals surface area contributed by atoms with E-state index < -0.39 is 5.25 Å².